The van der Waals surface area contributed by atoms with Gasteiger partial charge in [-0.3, -0.25) is 4.79 Å². The minimum absolute atomic E-state index is 0.216. The minimum atomic E-state index is 0.216. The highest BCUT2D eigenvalue weighted by atomic mass is 16.2. The standard InChI is InChI=1S/C15H20N4O/c16-15(18-12-5-6-12)17-10-11-3-7-13(8-4-11)19-9-1-2-14(19)20/h3-4,7-8,12H,1-2,5-6,9-10H2,(H3,16,17,18). The van der Waals surface area contributed by atoms with Gasteiger partial charge in [-0.15, -0.1) is 0 Å². The molecule has 1 aromatic rings. The topological polar surface area (TPSA) is 70.7 Å². The van der Waals surface area contributed by atoms with E-state index in [4.69, 9.17) is 5.73 Å². The summed E-state index contributed by atoms with van der Waals surface area (Å²) in [5, 5.41) is 3.16. The van der Waals surface area contributed by atoms with E-state index in [2.05, 4.69) is 10.3 Å². The largest absolute Gasteiger partial charge is 0.370 e. The number of carbonyl (C=O) groups is 1. The lowest BCUT2D eigenvalue weighted by atomic mass is 10.2. The Hall–Kier alpha value is -2.04. The van der Waals surface area contributed by atoms with Crippen LogP contribution in [-0.4, -0.2) is 24.5 Å². The zero-order chi connectivity index (χ0) is 13.9. The fraction of sp³-hybridized carbons (Fsp3) is 0.467. The summed E-state index contributed by atoms with van der Waals surface area (Å²) < 4.78 is 0. The first kappa shape index (κ1) is 13.0. The first-order valence-corrected chi connectivity index (χ1v) is 7.18. The molecule has 1 aliphatic carbocycles. The number of rotatable bonds is 4. The van der Waals surface area contributed by atoms with Crippen molar-refractivity contribution in [1.82, 2.24) is 5.32 Å². The molecular formula is C15H20N4O. The molecule has 5 nitrogen and oxygen atoms in total. The van der Waals surface area contributed by atoms with Gasteiger partial charge < -0.3 is 16.0 Å². The first-order chi connectivity index (χ1) is 9.72. The number of benzene rings is 1. The van der Waals surface area contributed by atoms with Crippen molar-refractivity contribution in [2.45, 2.75) is 38.3 Å². The molecule has 3 rings (SSSR count). The highest BCUT2D eigenvalue weighted by molar-refractivity contribution is 5.95. The molecule has 1 aliphatic heterocycles. The number of carbonyl (C=O) groups excluding carboxylic acids is 1. The summed E-state index contributed by atoms with van der Waals surface area (Å²) in [4.78, 5) is 17.8. The number of guanidine groups is 1. The molecule has 1 aromatic carbocycles. The second-order valence-corrected chi connectivity index (χ2v) is 5.44. The van der Waals surface area contributed by atoms with Gasteiger partial charge in [0.15, 0.2) is 5.96 Å². The lowest BCUT2D eigenvalue weighted by Crippen LogP contribution is -2.33. The van der Waals surface area contributed by atoms with Crippen LogP contribution in [0.1, 0.15) is 31.2 Å². The molecule has 106 valence electrons. The van der Waals surface area contributed by atoms with Crippen molar-refractivity contribution in [1.29, 1.82) is 0 Å². The maximum absolute atomic E-state index is 11.7. The fourth-order valence-corrected chi connectivity index (χ4v) is 2.36. The van der Waals surface area contributed by atoms with E-state index in [1.807, 2.05) is 29.2 Å². The SMILES string of the molecule is NC(=NCc1ccc(N2CCCC2=O)cc1)NC1CC1. The molecule has 0 radical (unpaired) electrons. The predicted octanol–water partition coefficient (Wildman–Crippen LogP) is 1.38. The predicted molar refractivity (Wildman–Crippen MR) is 79.5 cm³/mol. The molecule has 0 bridgehead atoms. The fourth-order valence-electron chi connectivity index (χ4n) is 2.36. The van der Waals surface area contributed by atoms with Gasteiger partial charge in [0.25, 0.3) is 0 Å². The van der Waals surface area contributed by atoms with Gasteiger partial charge in [0.05, 0.1) is 6.54 Å². The molecule has 5 heteroatoms. The van der Waals surface area contributed by atoms with Gasteiger partial charge in [-0.1, -0.05) is 12.1 Å². The Morgan fingerprint density at radius 2 is 2.10 bits per heavy atom. The van der Waals surface area contributed by atoms with Gasteiger partial charge in [-0.25, -0.2) is 4.99 Å². The third-order valence-electron chi connectivity index (χ3n) is 3.68. The number of amides is 1. The molecule has 0 aromatic heterocycles. The molecule has 0 unspecified atom stereocenters. The molecular weight excluding hydrogens is 252 g/mol. The number of nitrogens with one attached hydrogen (secondary N) is 1. The number of hydrogen-bond donors (Lipinski definition) is 2. The Labute approximate surface area is 118 Å². The molecule has 1 heterocycles. The van der Waals surface area contributed by atoms with Crippen LogP contribution in [-0.2, 0) is 11.3 Å². The Balaban J connectivity index is 1.59. The number of aliphatic imine (C=N–C) groups is 1. The average Bonchev–Trinajstić information content (AvgIpc) is 3.16. The molecule has 3 N–H and O–H groups in total. The zero-order valence-corrected chi connectivity index (χ0v) is 11.5. The van der Waals surface area contributed by atoms with Gasteiger partial charge in [-0.2, -0.15) is 0 Å². The van der Waals surface area contributed by atoms with Crippen LogP contribution in [0.4, 0.5) is 5.69 Å². The van der Waals surface area contributed by atoms with Gasteiger partial charge in [-0.05, 0) is 37.0 Å². The summed E-state index contributed by atoms with van der Waals surface area (Å²) in [5.41, 5.74) is 7.87. The van der Waals surface area contributed by atoms with Crippen LogP contribution in [0.2, 0.25) is 0 Å². The molecule has 20 heavy (non-hydrogen) atoms. The quantitative estimate of drug-likeness (QED) is 0.642. The van der Waals surface area contributed by atoms with E-state index in [9.17, 15) is 4.79 Å². The van der Waals surface area contributed by atoms with Crippen molar-refractivity contribution in [2.75, 3.05) is 11.4 Å². The van der Waals surface area contributed by atoms with E-state index in [0.717, 1.165) is 24.2 Å². The van der Waals surface area contributed by atoms with Crippen LogP contribution in [0.3, 0.4) is 0 Å². The van der Waals surface area contributed by atoms with E-state index < -0.39 is 0 Å². The second-order valence-electron chi connectivity index (χ2n) is 5.44. The third-order valence-corrected chi connectivity index (χ3v) is 3.68. The Kier molecular flexibility index (Phi) is 3.58. The number of nitrogens with zero attached hydrogens (tertiary/aromatic N) is 2. The van der Waals surface area contributed by atoms with Crippen molar-refractivity contribution in [3.63, 3.8) is 0 Å². The van der Waals surface area contributed by atoms with Gasteiger partial charge >= 0.3 is 0 Å². The van der Waals surface area contributed by atoms with Crippen molar-refractivity contribution < 1.29 is 4.79 Å². The monoisotopic (exact) mass is 272 g/mol. The molecule has 1 amide bonds. The normalized spacial score (nSPS) is 19.5. The van der Waals surface area contributed by atoms with Crippen LogP contribution >= 0.6 is 0 Å². The van der Waals surface area contributed by atoms with E-state index in [-0.39, 0.29) is 5.91 Å². The molecule has 2 aliphatic rings. The third kappa shape index (κ3) is 3.10. The molecule has 0 atom stereocenters. The smallest absolute Gasteiger partial charge is 0.227 e. The van der Waals surface area contributed by atoms with Gasteiger partial charge in [0.1, 0.15) is 0 Å². The van der Waals surface area contributed by atoms with Gasteiger partial charge in [0, 0.05) is 24.7 Å². The molecule has 1 saturated heterocycles. The Morgan fingerprint density at radius 3 is 2.70 bits per heavy atom. The summed E-state index contributed by atoms with van der Waals surface area (Å²) in [6, 6.07) is 8.52. The van der Waals surface area contributed by atoms with Crippen molar-refractivity contribution in [3.05, 3.63) is 29.8 Å². The minimum Gasteiger partial charge on any atom is -0.370 e. The number of hydrogen-bond acceptors (Lipinski definition) is 2. The van der Waals surface area contributed by atoms with Gasteiger partial charge in [0.2, 0.25) is 5.91 Å². The number of anilines is 1. The summed E-state index contributed by atoms with van der Waals surface area (Å²) >= 11 is 0. The van der Waals surface area contributed by atoms with Crippen LogP contribution in [0.25, 0.3) is 0 Å². The summed E-state index contributed by atoms with van der Waals surface area (Å²) in [6.45, 7) is 1.40. The zero-order valence-electron chi connectivity index (χ0n) is 11.5. The summed E-state index contributed by atoms with van der Waals surface area (Å²) in [7, 11) is 0. The Morgan fingerprint density at radius 1 is 1.35 bits per heavy atom. The lowest BCUT2D eigenvalue weighted by molar-refractivity contribution is -0.117. The second kappa shape index (κ2) is 5.53. The van der Waals surface area contributed by atoms with Crippen LogP contribution < -0.4 is 16.0 Å². The van der Waals surface area contributed by atoms with Crippen LogP contribution in [0.5, 0.6) is 0 Å². The van der Waals surface area contributed by atoms with Crippen molar-refractivity contribution >= 4 is 17.6 Å². The average molecular weight is 272 g/mol. The lowest BCUT2D eigenvalue weighted by Gasteiger charge is -2.15. The highest BCUT2D eigenvalue weighted by Gasteiger charge is 2.22. The van der Waals surface area contributed by atoms with E-state index >= 15 is 0 Å². The maximum Gasteiger partial charge on any atom is 0.227 e. The van der Waals surface area contributed by atoms with E-state index in [1.165, 1.54) is 12.8 Å². The first-order valence-electron chi connectivity index (χ1n) is 7.18. The van der Waals surface area contributed by atoms with Crippen LogP contribution in [0, 0.1) is 0 Å². The highest BCUT2D eigenvalue weighted by Crippen LogP contribution is 2.22. The maximum atomic E-state index is 11.7. The van der Waals surface area contributed by atoms with E-state index in [0.29, 0.717) is 25.0 Å². The number of nitrogens with two attached hydrogens (primary N) is 1. The van der Waals surface area contributed by atoms with Crippen molar-refractivity contribution in [2.24, 2.45) is 10.7 Å². The molecule has 0 spiro atoms. The summed E-state index contributed by atoms with van der Waals surface area (Å²) in [6.07, 6.45) is 3.99. The molecule has 2 fully saturated rings. The summed E-state index contributed by atoms with van der Waals surface area (Å²) in [5.74, 6) is 0.736. The molecule has 1 saturated carbocycles. The van der Waals surface area contributed by atoms with Crippen molar-refractivity contribution in [3.8, 4) is 0 Å². The Bertz CT molecular complexity index is 519. The van der Waals surface area contributed by atoms with Crippen LogP contribution in [0.15, 0.2) is 29.3 Å². The van der Waals surface area contributed by atoms with E-state index in [1.54, 1.807) is 0 Å².